The Kier molecular flexibility index (Phi) is 5.77. The molecule has 1 aliphatic heterocycles. The third-order valence-corrected chi connectivity index (χ3v) is 6.67. The second-order valence-electron chi connectivity index (χ2n) is 7.13. The van der Waals surface area contributed by atoms with Gasteiger partial charge in [0.1, 0.15) is 10.5 Å². The second kappa shape index (κ2) is 7.90. The smallest absolute Gasteiger partial charge is 0.194 e. The molecule has 1 N–H and O–H groups in total. The molecule has 1 heterocycles. The molecule has 0 saturated heterocycles. The Morgan fingerprint density at radius 1 is 1.15 bits per heavy atom. The number of nitrogens with one attached hydrogen (secondary N) is 1. The predicted octanol–water partition coefficient (Wildman–Crippen LogP) is 3.98. The number of benzene rings is 2. The van der Waals surface area contributed by atoms with Gasteiger partial charge in [-0.1, -0.05) is 60.7 Å². The van der Waals surface area contributed by atoms with E-state index in [1.807, 2.05) is 55.5 Å². The first-order valence-corrected chi connectivity index (χ1v) is 10.7. The number of hydrogen-bond donors (Lipinski definition) is 1. The SMILES string of the molecule is CC(C)N(C)c1ccccc1CS(=O)C1=NC(C)(c2ccccc2)C(=S)N1. The summed E-state index contributed by atoms with van der Waals surface area (Å²) in [5.41, 5.74) is 2.45. The molecule has 2 atom stereocenters. The van der Waals surface area contributed by atoms with Gasteiger partial charge < -0.3 is 10.2 Å². The zero-order valence-corrected chi connectivity index (χ0v) is 17.7. The van der Waals surface area contributed by atoms with Crippen LogP contribution >= 0.6 is 12.2 Å². The van der Waals surface area contributed by atoms with Gasteiger partial charge >= 0.3 is 0 Å². The van der Waals surface area contributed by atoms with E-state index in [9.17, 15) is 4.21 Å². The van der Waals surface area contributed by atoms with E-state index in [0.717, 1.165) is 16.8 Å². The molecule has 3 rings (SSSR count). The fourth-order valence-corrected chi connectivity index (χ4v) is 4.52. The van der Waals surface area contributed by atoms with E-state index in [2.05, 4.69) is 37.2 Å². The predicted molar refractivity (Wildman–Crippen MR) is 119 cm³/mol. The lowest BCUT2D eigenvalue weighted by Crippen LogP contribution is -2.34. The van der Waals surface area contributed by atoms with Crippen LogP contribution in [-0.4, -0.2) is 27.5 Å². The average Bonchev–Trinajstić information content (AvgIpc) is 2.98. The van der Waals surface area contributed by atoms with Crippen LogP contribution in [0.1, 0.15) is 31.9 Å². The molecule has 0 aliphatic carbocycles. The standard InChI is InChI=1S/C21H25N3OS2/c1-15(2)24(4)18-13-9-8-10-16(18)14-27(25)20-22-19(26)21(3,23-20)17-11-6-5-7-12-17/h5-13,15H,14H2,1-4H3,(H,22,23,26). The molecule has 2 aromatic carbocycles. The molecule has 2 aromatic rings. The first-order valence-electron chi connectivity index (χ1n) is 8.99. The number of thiocarbonyl (C=S) groups is 1. The molecule has 2 unspecified atom stereocenters. The molecule has 0 aromatic heterocycles. The van der Waals surface area contributed by atoms with Crippen molar-refractivity contribution in [2.45, 2.75) is 38.1 Å². The highest BCUT2D eigenvalue weighted by Gasteiger charge is 2.38. The van der Waals surface area contributed by atoms with E-state index in [1.54, 1.807) is 0 Å². The molecule has 1 aliphatic rings. The quantitative estimate of drug-likeness (QED) is 0.773. The summed E-state index contributed by atoms with van der Waals surface area (Å²) in [5.74, 6) is 0.395. The van der Waals surface area contributed by atoms with Crippen molar-refractivity contribution in [1.29, 1.82) is 0 Å². The second-order valence-corrected chi connectivity index (χ2v) is 8.91. The van der Waals surface area contributed by atoms with Crippen LogP contribution in [0.3, 0.4) is 0 Å². The number of anilines is 1. The van der Waals surface area contributed by atoms with Crippen LogP contribution in [0.15, 0.2) is 59.6 Å². The topological polar surface area (TPSA) is 44.7 Å². The first kappa shape index (κ1) is 19.7. The summed E-state index contributed by atoms with van der Waals surface area (Å²) in [6.45, 7) is 6.24. The molecule has 0 amide bonds. The Labute approximate surface area is 169 Å². The van der Waals surface area contributed by atoms with E-state index < -0.39 is 16.3 Å². The number of para-hydroxylation sites is 1. The Morgan fingerprint density at radius 2 is 1.78 bits per heavy atom. The molecule has 27 heavy (non-hydrogen) atoms. The van der Waals surface area contributed by atoms with E-state index in [0.29, 0.717) is 22.0 Å². The number of hydrogen-bond acceptors (Lipinski definition) is 4. The fraction of sp³-hybridized carbons (Fsp3) is 0.333. The summed E-state index contributed by atoms with van der Waals surface area (Å²) in [6.07, 6.45) is 0. The van der Waals surface area contributed by atoms with Gasteiger partial charge in [-0.2, -0.15) is 0 Å². The molecule has 0 spiro atoms. The van der Waals surface area contributed by atoms with Gasteiger partial charge in [0.05, 0.1) is 16.6 Å². The minimum Gasteiger partial charge on any atom is -0.372 e. The molecule has 0 fully saturated rings. The Bertz CT molecular complexity index is 895. The van der Waals surface area contributed by atoms with Crippen LogP contribution in [0.5, 0.6) is 0 Å². The van der Waals surface area contributed by atoms with Crippen LogP contribution in [0.4, 0.5) is 5.69 Å². The van der Waals surface area contributed by atoms with E-state index in [4.69, 9.17) is 17.2 Å². The van der Waals surface area contributed by atoms with Crippen molar-refractivity contribution < 1.29 is 4.21 Å². The molecule has 0 radical (unpaired) electrons. The zero-order chi connectivity index (χ0) is 19.6. The van der Waals surface area contributed by atoms with Crippen LogP contribution in [0.25, 0.3) is 0 Å². The largest absolute Gasteiger partial charge is 0.372 e. The van der Waals surface area contributed by atoms with E-state index in [-0.39, 0.29) is 0 Å². The summed E-state index contributed by atoms with van der Waals surface area (Å²) >= 11 is 5.53. The minimum absolute atomic E-state index is 0.357. The van der Waals surface area contributed by atoms with E-state index >= 15 is 0 Å². The number of amidine groups is 1. The van der Waals surface area contributed by atoms with Gasteiger partial charge in [0, 0.05) is 18.8 Å². The van der Waals surface area contributed by atoms with Crippen molar-refractivity contribution in [2.75, 3.05) is 11.9 Å². The summed E-state index contributed by atoms with van der Waals surface area (Å²) in [7, 11) is 0.752. The summed E-state index contributed by atoms with van der Waals surface area (Å²) < 4.78 is 13.1. The minimum atomic E-state index is -1.30. The Hall–Kier alpha value is -2.05. The number of aliphatic imine (C=N–C) groups is 1. The molecular weight excluding hydrogens is 374 g/mol. The monoisotopic (exact) mass is 399 g/mol. The van der Waals surface area contributed by atoms with Gasteiger partial charge in [0.25, 0.3) is 0 Å². The van der Waals surface area contributed by atoms with Crippen molar-refractivity contribution in [3.63, 3.8) is 0 Å². The third-order valence-electron chi connectivity index (χ3n) is 4.97. The average molecular weight is 400 g/mol. The lowest BCUT2D eigenvalue weighted by atomic mass is 9.93. The maximum Gasteiger partial charge on any atom is 0.194 e. The third kappa shape index (κ3) is 3.96. The fourth-order valence-electron chi connectivity index (χ4n) is 3.03. The van der Waals surface area contributed by atoms with Crippen LogP contribution in [0.2, 0.25) is 0 Å². The summed E-state index contributed by atoms with van der Waals surface area (Å²) in [5, 5.41) is 3.55. The number of rotatable bonds is 5. The summed E-state index contributed by atoms with van der Waals surface area (Å²) in [4.78, 5) is 7.50. The van der Waals surface area contributed by atoms with Gasteiger partial charge in [-0.25, -0.2) is 4.99 Å². The molecule has 142 valence electrons. The molecular formula is C21H25N3OS2. The highest BCUT2D eigenvalue weighted by atomic mass is 32.2. The maximum absolute atomic E-state index is 13.1. The highest BCUT2D eigenvalue weighted by Crippen LogP contribution is 2.31. The first-order chi connectivity index (χ1) is 12.8. The maximum atomic E-state index is 13.1. The molecule has 4 nitrogen and oxygen atoms in total. The van der Waals surface area contributed by atoms with Gasteiger partial charge in [-0.3, -0.25) is 4.21 Å². The van der Waals surface area contributed by atoms with E-state index in [1.165, 1.54) is 0 Å². The Morgan fingerprint density at radius 3 is 2.44 bits per heavy atom. The van der Waals surface area contributed by atoms with Crippen molar-refractivity contribution in [3.8, 4) is 0 Å². The van der Waals surface area contributed by atoms with Crippen molar-refractivity contribution >= 4 is 38.9 Å². The Balaban J connectivity index is 1.86. The van der Waals surface area contributed by atoms with Crippen LogP contribution < -0.4 is 10.2 Å². The van der Waals surface area contributed by atoms with Gasteiger partial charge in [-0.15, -0.1) is 0 Å². The normalized spacial score (nSPS) is 20.3. The van der Waals surface area contributed by atoms with Crippen molar-refractivity contribution in [2.24, 2.45) is 4.99 Å². The zero-order valence-electron chi connectivity index (χ0n) is 16.1. The summed E-state index contributed by atoms with van der Waals surface area (Å²) in [6, 6.07) is 18.3. The highest BCUT2D eigenvalue weighted by molar-refractivity contribution is 8.00. The van der Waals surface area contributed by atoms with Gasteiger partial charge in [0.2, 0.25) is 0 Å². The molecule has 0 saturated carbocycles. The van der Waals surface area contributed by atoms with Crippen molar-refractivity contribution in [3.05, 3.63) is 65.7 Å². The van der Waals surface area contributed by atoms with Crippen LogP contribution in [-0.2, 0) is 22.1 Å². The van der Waals surface area contributed by atoms with Crippen molar-refractivity contribution in [1.82, 2.24) is 5.32 Å². The van der Waals surface area contributed by atoms with Crippen LogP contribution in [0, 0.1) is 0 Å². The van der Waals surface area contributed by atoms with Gasteiger partial charge in [0.15, 0.2) is 5.17 Å². The molecule has 0 bridgehead atoms. The molecule has 6 heteroatoms. The lowest BCUT2D eigenvalue weighted by Gasteiger charge is -2.26. The van der Waals surface area contributed by atoms with Gasteiger partial charge in [-0.05, 0) is 38.0 Å². The lowest BCUT2D eigenvalue weighted by molar-refractivity contribution is 0.686. The number of nitrogens with zero attached hydrogens (tertiary/aromatic N) is 2.